The Kier molecular flexibility index (Phi) is 8.39. The number of carbonyl (C=O) groups is 1. The van der Waals surface area contributed by atoms with E-state index in [0.29, 0.717) is 11.2 Å². The molecule has 0 atom stereocenters. The van der Waals surface area contributed by atoms with Gasteiger partial charge in [-0.25, -0.2) is 9.37 Å². The van der Waals surface area contributed by atoms with E-state index in [0.717, 1.165) is 36.6 Å². The molecule has 0 spiro atoms. The summed E-state index contributed by atoms with van der Waals surface area (Å²) in [5, 5.41) is 0.254. The van der Waals surface area contributed by atoms with Crippen LogP contribution in [0.4, 0.5) is 22.7 Å². The average Bonchev–Trinajstić information content (AvgIpc) is 3.16. The summed E-state index contributed by atoms with van der Waals surface area (Å²) in [7, 11) is 0. The third-order valence-corrected chi connectivity index (χ3v) is 5.85. The number of thiazole rings is 1. The van der Waals surface area contributed by atoms with Crippen LogP contribution >= 0.6 is 23.7 Å². The highest BCUT2D eigenvalue weighted by atomic mass is 35.5. The van der Waals surface area contributed by atoms with Crippen LogP contribution in [0.25, 0.3) is 10.2 Å². The van der Waals surface area contributed by atoms with Gasteiger partial charge in [0, 0.05) is 18.7 Å². The molecule has 1 amide bonds. The first-order valence-electron chi connectivity index (χ1n) is 9.51. The Morgan fingerprint density at radius 2 is 1.74 bits per heavy atom. The number of hydrogen-bond donors (Lipinski definition) is 0. The predicted molar refractivity (Wildman–Crippen MR) is 118 cm³/mol. The molecule has 0 N–H and O–H groups in total. The number of nitrogens with zero attached hydrogens (tertiary/aromatic N) is 3. The van der Waals surface area contributed by atoms with Gasteiger partial charge in [-0.3, -0.25) is 9.69 Å². The molecule has 0 radical (unpaired) electrons. The fourth-order valence-corrected chi connectivity index (χ4v) is 4.07. The monoisotopic (exact) mass is 475 g/mol. The zero-order valence-electron chi connectivity index (χ0n) is 16.9. The maximum Gasteiger partial charge on any atom is 0.416 e. The Labute approximate surface area is 187 Å². The number of halogens is 5. The second kappa shape index (κ2) is 10.4. The molecule has 0 aliphatic rings. The summed E-state index contributed by atoms with van der Waals surface area (Å²) in [6, 6.07) is 8.82. The van der Waals surface area contributed by atoms with E-state index in [2.05, 4.69) is 9.88 Å². The van der Waals surface area contributed by atoms with Gasteiger partial charge in [0.1, 0.15) is 11.3 Å². The minimum absolute atomic E-state index is 0. The van der Waals surface area contributed by atoms with E-state index >= 15 is 0 Å². The van der Waals surface area contributed by atoms with Gasteiger partial charge in [-0.15, -0.1) is 12.4 Å². The summed E-state index contributed by atoms with van der Waals surface area (Å²) in [4.78, 5) is 20.9. The van der Waals surface area contributed by atoms with Gasteiger partial charge in [-0.2, -0.15) is 13.2 Å². The molecule has 3 rings (SSSR count). The van der Waals surface area contributed by atoms with Crippen molar-refractivity contribution >= 4 is 45.0 Å². The summed E-state index contributed by atoms with van der Waals surface area (Å²) in [5.74, 6) is -1.11. The zero-order valence-corrected chi connectivity index (χ0v) is 18.6. The lowest BCUT2D eigenvalue weighted by molar-refractivity contribution is -0.137. The zero-order chi connectivity index (χ0) is 21.9. The van der Waals surface area contributed by atoms with Crippen molar-refractivity contribution in [2.24, 2.45) is 0 Å². The number of amides is 1. The van der Waals surface area contributed by atoms with Gasteiger partial charge in [0.05, 0.1) is 10.3 Å². The van der Waals surface area contributed by atoms with Gasteiger partial charge in [0.25, 0.3) is 5.91 Å². The first-order valence-corrected chi connectivity index (χ1v) is 10.3. The maximum atomic E-state index is 14.1. The fraction of sp³-hybridized carbons (Fsp3) is 0.333. The summed E-state index contributed by atoms with van der Waals surface area (Å²) < 4.78 is 54.0. The Morgan fingerprint density at radius 1 is 1.06 bits per heavy atom. The predicted octanol–water partition coefficient (Wildman–Crippen LogP) is 5.86. The molecule has 4 nitrogen and oxygen atoms in total. The van der Waals surface area contributed by atoms with Gasteiger partial charge < -0.3 is 4.90 Å². The number of rotatable bonds is 7. The number of anilines is 1. The molecule has 1 heterocycles. The van der Waals surface area contributed by atoms with Crippen molar-refractivity contribution < 1.29 is 22.4 Å². The van der Waals surface area contributed by atoms with Gasteiger partial charge in [0.2, 0.25) is 0 Å². The summed E-state index contributed by atoms with van der Waals surface area (Å²) in [6.07, 6.45) is -4.55. The van der Waals surface area contributed by atoms with E-state index in [-0.39, 0.29) is 35.2 Å². The number of hydrogen-bond acceptors (Lipinski definition) is 4. The first kappa shape index (κ1) is 25.0. The minimum atomic E-state index is -4.55. The van der Waals surface area contributed by atoms with Crippen LogP contribution in [0, 0.1) is 5.82 Å². The second-order valence-electron chi connectivity index (χ2n) is 6.65. The molecular formula is C21H22ClF4N3OS. The number of benzene rings is 2. The molecule has 3 aromatic rings. The average molecular weight is 476 g/mol. The van der Waals surface area contributed by atoms with Crippen LogP contribution in [0.3, 0.4) is 0 Å². The van der Waals surface area contributed by atoms with Crippen LogP contribution in [0.1, 0.15) is 29.8 Å². The highest BCUT2D eigenvalue weighted by Gasteiger charge is 2.32. The fourth-order valence-electron chi connectivity index (χ4n) is 3.07. The maximum absolute atomic E-state index is 14.1. The Hall–Kier alpha value is -2.23. The van der Waals surface area contributed by atoms with Crippen molar-refractivity contribution in [3.8, 4) is 0 Å². The second-order valence-corrected chi connectivity index (χ2v) is 7.65. The highest BCUT2D eigenvalue weighted by Crippen LogP contribution is 2.33. The summed E-state index contributed by atoms with van der Waals surface area (Å²) in [5.41, 5.74) is -0.848. The molecule has 10 heteroatoms. The van der Waals surface area contributed by atoms with Crippen LogP contribution in [-0.2, 0) is 6.18 Å². The first-order chi connectivity index (χ1) is 14.2. The smallest absolute Gasteiger partial charge is 0.302 e. The molecule has 0 unspecified atom stereocenters. The molecule has 168 valence electrons. The van der Waals surface area contributed by atoms with E-state index < -0.39 is 23.5 Å². The summed E-state index contributed by atoms with van der Waals surface area (Å²) >= 11 is 1.13. The molecule has 0 bridgehead atoms. The van der Waals surface area contributed by atoms with Gasteiger partial charge in [-0.1, -0.05) is 37.3 Å². The molecule has 0 saturated carbocycles. The van der Waals surface area contributed by atoms with Gasteiger partial charge >= 0.3 is 6.18 Å². The van der Waals surface area contributed by atoms with Crippen LogP contribution in [0.15, 0.2) is 42.5 Å². The van der Waals surface area contributed by atoms with Crippen LogP contribution in [0.2, 0.25) is 0 Å². The molecule has 0 saturated heterocycles. The molecule has 31 heavy (non-hydrogen) atoms. The van der Waals surface area contributed by atoms with Crippen molar-refractivity contribution in [1.82, 2.24) is 9.88 Å². The number of likely N-dealkylation sites (N-methyl/N-ethyl adjacent to an activating group) is 1. The number of alkyl halides is 3. The molecule has 1 aromatic heterocycles. The van der Waals surface area contributed by atoms with E-state index in [1.807, 2.05) is 13.8 Å². The lowest BCUT2D eigenvalue weighted by atomic mass is 10.1. The Balaban J connectivity index is 0.00000341. The van der Waals surface area contributed by atoms with E-state index in [1.165, 1.54) is 23.1 Å². The van der Waals surface area contributed by atoms with Crippen LogP contribution in [-0.4, -0.2) is 42.0 Å². The van der Waals surface area contributed by atoms with E-state index in [4.69, 9.17) is 0 Å². The van der Waals surface area contributed by atoms with Crippen LogP contribution < -0.4 is 4.90 Å². The van der Waals surface area contributed by atoms with Crippen LogP contribution in [0.5, 0.6) is 0 Å². The number of carbonyl (C=O) groups excluding carboxylic acids is 1. The highest BCUT2D eigenvalue weighted by molar-refractivity contribution is 7.22. The summed E-state index contributed by atoms with van der Waals surface area (Å²) in [6.45, 7) is 6.21. The lowest BCUT2D eigenvalue weighted by Gasteiger charge is -2.25. The Bertz CT molecular complexity index is 1040. The van der Waals surface area contributed by atoms with Crippen molar-refractivity contribution in [3.63, 3.8) is 0 Å². The number of fused-ring (bicyclic) bond motifs is 1. The van der Waals surface area contributed by atoms with E-state index in [1.54, 1.807) is 12.1 Å². The SMILES string of the molecule is CCN(CC)CCN(C(=O)c1cccc(C(F)(F)F)c1)c1nc2c(F)cccc2s1.Cl. The van der Waals surface area contributed by atoms with Gasteiger partial charge in [-0.05, 0) is 43.4 Å². The molecule has 0 aliphatic heterocycles. The minimum Gasteiger partial charge on any atom is -0.302 e. The van der Waals surface area contributed by atoms with Crippen molar-refractivity contribution in [3.05, 3.63) is 59.4 Å². The third kappa shape index (κ3) is 5.72. The Morgan fingerprint density at radius 3 is 2.35 bits per heavy atom. The van der Waals surface area contributed by atoms with Crippen molar-refractivity contribution in [1.29, 1.82) is 0 Å². The molecule has 0 aliphatic carbocycles. The number of para-hydroxylation sites is 1. The van der Waals surface area contributed by atoms with Crippen molar-refractivity contribution in [2.45, 2.75) is 20.0 Å². The van der Waals surface area contributed by atoms with E-state index in [9.17, 15) is 22.4 Å². The third-order valence-electron chi connectivity index (χ3n) is 4.81. The van der Waals surface area contributed by atoms with Gasteiger partial charge in [0.15, 0.2) is 5.13 Å². The lowest BCUT2D eigenvalue weighted by Crippen LogP contribution is -2.39. The molecular weight excluding hydrogens is 454 g/mol. The quantitative estimate of drug-likeness (QED) is 0.401. The molecule has 0 fully saturated rings. The standard InChI is InChI=1S/C21H21F4N3OS.ClH/c1-3-27(4-2)11-12-28(20-26-18-16(22)9-6-10-17(18)30-20)19(29)14-7-5-8-15(13-14)21(23,24)25;/h5-10,13H,3-4,11-12H2,1-2H3;1H. The number of aromatic nitrogens is 1. The largest absolute Gasteiger partial charge is 0.416 e. The topological polar surface area (TPSA) is 36.4 Å². The molecule has 2 aromatic carbocycles. The van der Waals surface area contributed by atoms with Crippen molar-refractivity contribution in [2.75, 3.05) is 31.1 Å². The normalized spacial score (nSPS) is 11.6.